The molecule has 1 atom stereocenters. The molecule has 33 heavy (non-hydrogen) atoms. The lowest BCUT2D eigenvalue weighted by atomic mass is 9.89. The van der Waals surface area contributed by atoms with Gasteiger partial charge in [0.2, 0.25) is 0 Å². The first-order chi connectivity index (χ1) is 15.5. The zero-order valence-corrected chi connectivity index (χ0v) is 23.6. The number of rotatable bonds is 12. The highest BCUT2D eigenvalue weighted by atomic mass is 127. The van der Waals surface area contributed by atoms with Crippen molar-refractivity contribution in [2.45, 2.75) is 60.3 Å². The SMILES string of the molecule is C=C(CCNCC(C)C)C/C(C(=C)C)=C(C(/C)=N\C)\C(I)=C/C(C)c1cc(C#N)ccc1C. The van der Waals surface area contributed by atoms with Gasteiger partial charge in [-0.25, -0.2) is 0 Å². The van der Waals surface area contributed by atoms with Crippen LogP contribution in [0.4, 0.5) is 0 Å². The molecule has 0 aliphatic carbocycles. The summed E-state index contributed by atoms with van der Waals surface area (Å²) in [7, 11) is 1.84. The standard InChI is InChI=1S/C29H40IN3/c1-19(2)18-33-13-12-21(5)14-26(20(3)4)29(24(8)32-9)28(30)15-23(7)27-16-25(17-31)11-10-22(27)6/h10-11,15-16,19,23,33H,3,5,12-14,18H2,1-2,4,6-9H3/b28-15+,29-26+,32-24-. The quantitative estimate of drug-likeness (QED) is 0.0936. The van der Waals surface area contributed by atoms with E-state index in [9.17, 15) is 5.26 Å². The van der Waals surface area contributed by atoms with Gasteiger partial charge >= 0.3 is 0 Å². The zero-order valence-electron chi connectivity index (χ0n) is 21.5. The normalized spacial score (nSPS) is 14.1. The summed E-state index contributed by atoms with van der Waals surface area (Å²) in [6, 6.07) is 8.15. The maximum atomic E-state index is 9.32. The second-order valence-corrected chi connectivity index (χ2v) is 10.4. The Kier molecular flexibility index (Phi) is 12.6. The van der Waals surface area contributed by atoms with Crippen molar-refractivity contribution >= 4 is 28.3 Å². The maximum absolute atomic E-state index is 9.32. The van der Waals surface area contributed by atoms with Crippen LogP contribution < -0.4 is 5.32 Å². The highest BCUT2D eigenvalue weighted by molar-refractivity contribution is 14.1. The fraction of sp³-hybridized carbons (Fsp3) is 0.448. The summed E-state index contributed by atoms with van der Waals surface area (Å²) in [5.41, 5.74) is 8.63. The molecule has 0 aliphatic rings. The third kappa shape index (κ3) is 9.43. The number of aryl methyl sites for hydroxylation is 1. The molecule has 0 spiro atoms. The topological polar surface area (TPSA) is 48.2 Å². The van der Waals surface area contributed by atoms with Crippen LogP contribution in [0.2, 0.25) is 0 Å². The van der Waals surface area contributed by atoms with E-state index in [1.807, 2.05) is 25.2 Å². The monoisotopic (exact) mass is 557 g/mol. The van der Waals surface area contributed by atoms with Crippen molar-refractivity contribution in [1.29, 1.82) is 5.26 Å². The van der Waals surface area contributed by atoms with Crippen LogP contribution in [0.5, 0.6) is 0 Å². The van der Waals surface area contributed by atoms with Gasteiger partial charge in [-0.1, -0.05) is 57.2 Å². The number of aliphatic imine (C=N–C) groups is 1. The van der Waals surface area contributed by atoms with Crippen LogP contribution in [-0.4, -0.2) is 25.8 Å². The predicted molar refractivity (Wildman–Crippen MR) is 153 cm³/mol. The first kappa shape index (κ1) is 29.1. The van der Waals surface area contributed by atoms with E-state index >= 15 is 0 Å². The van der Waals surface area contributed by atoms with Crippen molar-refractivity contribution in [1.82, 2.24) is 5.32 Å². The van der Waals surface area contributed by atoms with Crippen LogP contribution in [0.3, 0.4) is 0 Å². The third-order valence-electron chi connectivity index (χ3n) is 5.68. The second-order valence-electron chi connectivity index (χ2n) is 9.20. The summed E-state index contributed by atoms with van der Waals surface area (Å²) in [6.07, 6.45) is 4.00. The van der Waals surface area contributed by atoms with Crippen molar-refractivity contribution < 1.29 is 0 Å². The Labute approximate surface area is 215 Å². The van der Waals surface area contributed by atoms with Gasteiger partial charge in [-0.3, -0.25) is 4.99 Å². The van der Waals surface area contributed by atoms with Gasteiger partial charge in [0, 0.05) is 27.8 Å². The molecule has 1 rings (SSSR count). The molecule has 3 nitrogen and oxygen atoms in total. The van der Waals surface area contributed by atoms with Crippen LogP contribution in [0, 0.1) is 24.2 Å². The molecule has 0 radical (unpaired) electrons. The summed E-state index contributed by atoms with van der Waals surface area (Å²) >= 11 is 2.43. The van der Waals surface area contributed by atoms with Crippen molar-refractivity contribution in [3.05, 3.63) is 80.0 Å². The zero-order chi connectivity index (χ0) is 25.1. The number of nitrogens with one attached hydrogen (secondary N) is 1. The summed E-state index contributed by atoms with van der Waals surface area (Å²) in [5.74, 6) is 0.810. The van der Waals surface area contributed by atoms with E-state index < -0.39 is 0 Å². The van der Waals surface area contributed by atoms with Crippen molar-refractivity contribution in [2.24, 2.45) is 10.9 Å². The molecule has 1 N–H and O–H groups in total. The number of nitrogens with zero attached hydrogens (tertiary/aromatic N) is 2. The van der Waals surface area contributed by atoms with E-state index in [0.29, 0.717) is 11.5 Å². The Morgan fingerprint density at radius 2 is 1.91 bits per heavy atom. The number of benzene rings is 1. The molecular weight excluding hydrogens is 517 g/mol. The number of nitriles is 1. The van der Waals surface area contributed by atoms with Gasteiger partial charge in [0.1, 0.15) is 0 Å². The number of hydrogen-bond acceptors (Lipinski definition) is 3. The van der Waals surface area contributed by atoms with Crippen LogP contribution >= 0.6 is 22.6 Å². The van der Waals surface area contributed by atoms with Gasteiger partial charge < -0.3 is 5.32 Å². The molecule has 1 aromatic rings. The highest BCUT2D eigenvalue weighted by Crippen LogP contribution is 2.34. The Morgan fingerprint density at radius 1 is 1.24 bits per heavy atom. The third-order valence-corrected chi connectivity index (χ3v) is 6.58. The van der Waals surface area contributed by atoms with Gasteiger partial charge in [0.05, 0.1) is 11.6 Å². The highest BCUT2D eigenvalue weighted by Gasteiger charge is 2.17. The summed E-state index contributed by atoms with van der Waals surface area (Å²) in [5, 5.41) is 12.8. The number of hydrogen-bond donors (Lipinski definition) is 1. The van der Waals surface area contributed by atoms with Crippen LogP contribution in [-0.2, 0) is 0 Å². The molecule has 0 bridgehead atoms. The maximum Gasteiger partial charge on any atom is 0.0991 e. The molecule has 0 heterocycles. The summed E-state index contributed by atoms with van der Waals surface area (Å²) < 4.78 is 1.15. The smallest absolute Gasteiger partial charge is 0.0991 e. The molecule has 1 aromatic carbocycles. The van der Waals surface area contributed by atoms with Crippen molar-refractivity contribution in [3.63, 3.8) is 0 Å². The molecule has 178 valence electrons. The average Bonchev–Trinajstić information content (AvgIpc) is 2.75. The molecule has 0 aliphatic heterocycles. The average molecular weight is 558 g/mol. The van der Waals surface area contributed by atoms with Gasteiger partial charge in [-0.05, 0) is 104 Å². The Balaban J connectivity index is 3.31. The van der Waals surface area contributed by atoms with E-state index in [-0.39, 0.29) is 5.92 Å². The van der Waals surface area contributed by atoms with E-state index in [2.05, 4.69) is 99.7 Å². The Hall–Kier alpha value is -1.97. The van der Waals surface area contributed by atoms with E-state index in [4.69, 9.17) is 0 Å². The molecule has 0 amide bonds. The molecule has 0 aromatic heterocycles. The molecule has 0 fully saturated rings. The van der Waals surface area contributed by atoms with Gasteiger partial charge in [-0.15, -0.1) is 0 Å². The lowest BCUT2D eigenvalue weighted by molar-refractivity contribution is 0.552. The van der Waals surface area contributed by atoms with E-state index in [1.165, 1.54) is 22.3 Å². The van der Waals surface area contributed by atoms with E-state index in [0.717, 1.165) is 46.4 Å². The fourth-order valence-electron chi connectivity index (χ4n) is 3.69. The van der Waals surface area contributed by atoms with Crippen molar-refractivity contribution in [2.75, 3.05) is 20.1 Å². The van der Waals surface area contributed by atoms with Gasteiger partial charge in [0.15, 0.2) is 0 Å². The second kappa shape index (κ2) is 14.3. The lowest BCUT2D eigenvalue weighted by Crippen LogP contribution is -2.21. The van der Waals surface area contributed by atoms with Crippen LogP contribution in [0.25, 0.3) is 0 Å². The first-order valence-electron chi connectivity index (χ1n) is 11.6. The summed E-state index contributed by atoms with van der Waals surface area (Å²) in [6.45, 7) is 23.4. The fourth-order valence-corrected chi connectivity index (χ4v) is 4.94. The first-order valence-corrected chi connectivity index (χ1v) is 12.7. The van der Waals surface area contributed by atoms with E-state index in [1.54, 1.807) is 0 Å². The largest absolute Gasteiger partial charge is 0.316 e. The molecule has 0 saturated carbocycles. The van der Waals surface area contributed by atoms with Crippen molar-refractivity contribution in [3.8, 4) is 6.07 Å². The minimum absolute atomic E-state index is 0.166. The Morgan fingerprint density at radius 3 is 2.45 bits per heavy atom. The number of allylic oxidation sites excluding steroid dienone is 5. The minimum Gasteiger partial charge on any atom is -0.316 e. The van der Waals surface area contributed by atoms with Gasteiger partial charge in [-0.2, -0.15) is 5.26 Å². The minimum atomic E-state index is 0.166. The van der Waals surface area contributed by atoms with Crippen LogP contribution in [0.15, 0.2) is 68.3 Å². The van der Waals surface area contributed by atoms with Gasteiger partial charge in [0.25, 0.3) is 0 Å². The Bertz CT molecular complexity index is 987. The molecule has 0 saturated heterocycles. The number of halogens is 1. The molecule has 4 heteroatoms. The predicted octanol–water partition coefficient (Wildman–Crippen LogP) is 7.83. The summed E-state index contributed by atoms with van der Waals surface area (Å²) in [4.78, 5) is 4.53. The molecule has 1 unspecified atom stereocenters. The van der Waals surface area contributed by atoms with Crippen LogP contribution in [0.1, 0.15) is 70.1 Å². The lowest BCUT2D eigenvalue weighted by Gasteiger charge is -2.19. The molecular formula is C29H40IN3.